The van der Waals surface area contributed by atoms with Crippen molar-refractivity contribution in [2.45, 2.75) is 36.7 Å². The molecule has 0 bridgehead atoms. The van der Waals surface area contributed by atoms with E-state index in [1.807, 2.05) is 31.2 Å². The van der Waals surface area contributed by atoms with Crippen LogP contribution in [0.5, 0.6) is 0 Å². The highest BCUT2D eigenvalue weighted by Gasteiger charge is 2.37. The van der Waals surface area contributed by atoms with E-state index in [1.165, 1.54) is 5.57 Å². The first-order valence-electron chi connectivity index (χ1n) is 9.34. The number of thioether (sulfide) groups is 1. The fraction of sp³-hybridized carbons (Fsp3) is 0.500. The van der Waals surface area contributed by atoms with Crippen LogP contribution in [-0.2, 0) is 9.53 Å². The fourth-order valence-corrected chi connectivity index (χ4v) is 4.52. The lowest BCUT2D eigenvalue weighted by atomic mass is 10.2. The molecule has 2 heterocycles. The molecule has 1 amide bonds. The molecule has 2 aromatic rings. The molecule has 1 fully saturated rings. The van der Waals surface area contributed by atoms with Crippen LogP contribution in [0.15, 0.2) is 41.1 Å². The molecule has 1 aliphatic heterocycles. The SMILES string of the molecule is C/C=C(\C)CN1C[C@H](Sc2nc3ccccc3[nH]2)C[C@H]1C(=O)NCCOC. The smallest absolute Gasteiger partial charge is 0.237 e. The largest absolute Gasteiger partial charge is 0.383 e. The number of nitrogens with one attached hydrogen (secondary N) is 2. The van der Waals surface area contributed by atoms with Gasteiger partial charge in [-0.15, -0.1) is 0 Å². The monoisotopic (exact) mass is 388 g/mol. The van der Waals surface area contributed by atoms with E-state index in [9.17, 15) is 4.79 Å². The molecule has 0 spiro atoms. The van der Waals surface area contributed by atoms with Crippen LogP contribution < -0.4 is 5.32 Å². The summed E-state index contributed by atoms with van der Waals surface area (Å²) in [6, 6.07) is 7.94. The number of aromatic nitrogens is 2. The number of benzene rings is 1. The van der Waals surface area contributed by atoms with Crippen molar-refractivity contribution >= 4 is 28.7 Å². The number of carbonyl (C=O) groups excluding carboxylic acids is 1. The Bertz CT molecular complexity index is 771. The number of aromatic amines is 1. The minimum absolute atomic E-state index is 0.0867. The van der Waals surface area contributed by atoms with Gasteiger partial charge in [0.2, 0.25) is 5.91 Å². The Labute approximate surface area is 164 Å². The molecule has 146 valence electrons. The number of hydrogen-bond acceptors (Lipinski definition) is 5. The first-order chi connectivity index (χ1) is 13.1. The van der Waals surface area contributed by atoms with Crippen LogP contribution in [0.2, 0.25) is 0 Å². The summed E-state index contributed by atoms with van der Waals surface area (Å²) in [5.41, 5.74) is 3.31. The molecule has 0 radical (unpaired) electrons. The average Bonchev–Trinajstić information content (AvgIpc) is 3.25. The third-order valence-corrected chi connectivity index (χ3v) is 5.96. The highest BCUT2D eigenvalue weighted by atomic mass is 32.2. The van der Waals surface area contributed by atoms with E-state index in [0.29, 0.717) is 18.4 Å². The molecule has 6 nitrogen and oxygen atoms in total. The standard InChI is InChI=1S/C20H28N4O2S/c1-4-14(2)12-24-13-15(11-18(24)19(25)21-9-10-26-3)27-20-22-16-7-5-6-8-17(16)23-20/h4-8,15,18H,9-13H2,1-3H3,(H,21,25)(H,22,23)/b14-4+/t15-,18+/m1/s1. The second-order valence-electron chi connectivity index (χ2n) is 6.90. The molecule has 2 atom stereocenters. The van der Waals surface area contributed by atoms with Gasteiger partial charge in [0.1, 0.15) is 0 Å². The lowest BCUT2D eigenvalue weighted by Gasteiger charge is -2.23. The van der Waals surface area contributed by atoms with E-state index < -0.39 is 0 Å². The van der Waals surface area contributed by atoms with Crippen molar-refractivity contribution in [3.8, 4) is 0 Å². The number of fused-ring (bicyclic) bond motifs is 1. The number of amides is 1. The summed E-state index contributed by atoms with van der Waals surface area (Å²) in [6.45, 7) is 6.91. The zero-order valence-electron chi connectivity index (χ0n) is 16.2. The second kappa shape index (κ2) is 9.39. The van der Waals surface area contributed by atoms with Gasteiger partial charge in [-0.05, 0) is 32.4 Å². The first-order valence-corrected chi connectivity index (χ1v) is 10.2. The van der Waals surface area contributed by atoms with Crippen LogP contribution in [0.25, 0.3) is 11.0 Å². The minimum atomic E-state index is -0.112. The van der Waals surface area contributed by atoms with Crippen LogP contribution in [0.3, 0.4) is 0 Å². The van der Waals surface area contributed by atoms with Crippen molar-refractivity contribution in [3.05, 3.63) is 35.9 Å². The molecule has 27 heavy (non-hydrogen) atoms. The molecule has 0 unspecified atom stereocenters. The quantitative estimate of drug-likeness (QED) is 0.538. The number of ether oxygens (including phenoxy) is 1. The van der Waals surface area contributed by atoms with Crippen LogP contribution >= 0.6 is 11.8 Å². The van der Waals surface area contributed by atoms with Gasteiger partial charge in [-0.1, -0.05) is 35.5 Å². The highest BCUT2D eigenvalue weighted by Crippen LogP contribution is 2.33. The lowest BCUT2D eigenvalue weighted by molar-refractivity contribution is -0.125. The number of hydrogen-bond donors (Lipinski definition) is 2. The summed E-state index contributed by atoms with van der Waals surface area (Å²) in [4.78, 5) is 23.0. The Hall–Kier alpha value is -1.83. The Morgan fingerprint density at radius 3 is 3.04 bits per heavy atom. The van der Waals surface area contributed by atoms with Crippen molar-refractivity contribution in [2.75, 3.05) is 33.4 Å². The van der Waals surface area contributed by atoms with Gasteiger partial charge in [0.25, 0.3) is 0 Å². The number of methoxy groups -OCH3 is 1. The zero-order chi connectivity index (χ0) is 19.2. The number of likely N-dealkylation sites (tertiary alicyclic amines) is 1. The summed E-state index contributed by atoms with van der Waals surface area (Å²) < 4.78 is 5.04. The summed E-state index contributed by atoms with van der Waals surface area (Å²) in [5.74, 6) is 0.0867. The Balaban J connectivity index is 1.68. The van der Waals surface area contributed by atoms with Crippen molar-refractivity contribution in [1.82, 2.24) is 20.2 Å². The van der Waals surface area contributed by atoms with Crippen LogP contribution in [0, 0.1) is 0 Å². The van der Waals surface area contributed by atoms with Crippen molar-refractivity contribution in [1.29, 1.82) is 0 Å². The topological polar surface area (TPSA) is 70.2 Å². The lowest BCUT2D eigenvalue weighted by Crippen LogP contribution is -2.44. The van der Waals surface area contributed by atoms with Gasteiger partial charge in [-0.25, -0.2) is 4.98 Å². The zero-order valence-corrected chi connectivity index (χ0v) is 17.0. The fourth-order valence-electron chi connectivity index (χ4n) is 3.34. The van der Waals surface area contributed by atoms with Crippen molar-refractivity contribution in [3.63, 3.8) is 0 Å². The van der Waals surface area contributed by atoms with Gasteiger partial charge in [-0.2, -0.15) is 0 Å². The predicted octanol–water partition coefficient (Wildman–Crippen LogP) is 2.83. The van der Waals surface area contributed by atoms with Gasteiger partial charge in [0.15, 0.2) is 5.16 Å². The highest BCUT2D eigenvalue weighted by molar-refractivity contribution is 7.99. The van der Waals surface area contributed by atoms with Crippen molar-refractivity contribution < 1.29 is 9.53 Å². The number of imidazole rings is 1. The molecule has 0 saturated carbocycles. The van der Waals surface area contributed by atoms with E-state index in [4.69, 9.17) is 4.74 Å². The van der Waals surface area contributed by atoms with E-state index in [0.717, 1.165) is 35.7 Å². The molecule has 1 saturated heterocycles. The number of H-pyrrole nitrogens is 1. The van der Waals surface area contributed by atoms with E-state index >= 15 is 0 Å². The summed E-state index contributed by atoms with van der Waals surface area (Å²) in [6.07, 6.45) is 2.93. The number of rotatable bonds is 8. The Morgan fingerprint density at radius 1 is 1.48 bits per heavy atom. The maximum Gasteiger partial charge on any atom is 0.237 e. The van der Waals surface area contributed by atoms with Gasteiger partial charge in [0.05, 0.1) is 23.7 Å². The molecule has 1 aromatic heterocycles. The molecule has 7 heteroatoms. The van der Waals surface area contributed by atoms with Crippen LogP contribution in [0.4, 0.5) is 0 Å². The number of para-hydroxylation sites is 2. The van der Waals surface area contributed by atoms with Crippen LogP contribution in [-0.4, -0.2) is 65.4 Å². The average molecular weight is 389 g/mol. The summed E-state index contributed by atoms with van der Waals surface area (Å²) in [7, 11) is 1.64. The molecular formula is C20H28N4O2S. The molecule has 1 aromatic carbocycles. The summed E-state index contributed by atoms with van der Waals surface area (Å²) in [5, 5.41) is 4.24. The van der Waals surface area contributed by atoms with Crippen LogP contribution in [0.1, 0.15) is 20.3 Å². The first kappa shape index (κ1) is 19.9. The van der Waals surface area contributed by atoms with Gasteiger partial charge >= 0.3 is 0 Å². The number of allylic oxidation sites excluding steroid dienone is 1. The minimum Gasteiger partial charge on any atom is -0.383 e. The maximum atomic E-state index is 12.7. The Morgan fingerprint density at radius 2 is 2.30 bits per heavy atom. The predicted molar refractivity (Wildman–Crippen MR) is 110 cm³/mol. The van der Waals surface area contributed by atoms with E-state index in [2.05, 4.69) is 33.2 Å². The second-order valence-corrected chi connectivity index (χ2v) is 8.19. The third-order valence-electron chi connectivity index (χ3n) is 4.86. The van der Waals surface area contributed by atoms with Crippen molar-refractivity contribution in [2.24, 2.45) is 0 Å². The number of nitrogens with zero attached hydrogens (tertiary/aromatic N) is 2. The maximum absolute atomic E-state index is 12.7. The van der Waals surface area contributed by atoms with E-state index in [1.54, 1.807) is 18.9 Å². The molecule has 1 aliphatic rings. The molecule has 0 aliphatic carbocycles. The number of carbonyl (C=O) groups is 1. The van der Waals surface area contributed by atoms with Gasteiger partial charge in [0, 0.05) is 32.0 Å². The van der Waals surface area contributed by atoms with Gasteiger partial charge < -0.3 is 15.0 Å². The van der Waals surface area contributed by atoms with E-state index in [-0.39, 0.29) is 11.9 Å². The normalized spacial score (nSPS) is 21.1. The molecular weight excluding hydrogens is 360 g/mol. The molecule has 2 N–H and O–H groups in total. The summed E-state index contributed by atoms with van der Waals surface area (Å²) >= 11 is 1.73. The van der Waals surface area contributed by atoms with Gasteiger partial charge in [-0.3, -0.25) is 9.69 Å². The third kappa shape index (κ3) is 5.12. The molecule has 3 rings (SSSR count). The Kier molecular flexibility index (Phi) is 6.93.